The van der Waals surface area contributed by atoms with Crippen molar-refractivity contribution in [2.75, 3.05) is 13.1 Å². The average Bonchev–Trinajstić information content (AvgIpc) is 1.90. The zero-order valence-corrected chi connectivity index (χ0v) is 10.8. The van der Waals surface area contributed by atoms with E-state index in [1.807, 2.05) is 25.8 Å². The van der Waals surface area contributed by atoms with Gasteiger partial charge in [0.2, 0.25) is 5.91 Å². The Bertz CT molecular complexity index is 241. The number of carbonyl (C=O) groups excluding carboxylic acids is 1. The fourth-order valence-corrected chi connectivity index (χ4v) is 1.43. The molecule has 1 heterocycles. The van der Waals surface area contributed by atoms with Gasteiger partial charge in [0.05, 0.1) is 0 Å². The summed E-state index contributed by atoms with van der Waals surface area (Å²) in [5.74, 6) is 0.799. The van der Waals surface area contributed by atoms with Crippen LogP contribution in [0.2, 0.25) is 0 Å². The van der Waals surface area contributed by atoms with Crippen LogP contribution in [-0.2, 0) is 4.79 Å². The fraction of sp³-hybridized carbons (Fsp3) is 0.917. The molecule has 0 radical (unpaired) electrons. The first-order valence-corrected chi connectivity index (χ1v) is 5.67. The average molecular weight is 212 g/mol. The van der Waals surface area contributed by atoms with Gasteiger partial charge >= 0.3 is 0 Å². The molecule has 1 fully saturated rings. The van der Waals surface area contributed by atoms with Crippen LogP contribution in [0.4, 0.5) is 0 Å². The number of rotatable bonds is 1. The molecule has 0 atom stereocenters. The molecule has 0 aromatic heterocycles. The van der Waals surface area contributed by atoms with Crippen molar-refractivity contribution in [3.8, 4) is 0 Å². The molecule has 0 aromatic rings. The van der Waals surface area contributed by atoms with Gasteiger partial charge in [0.15, 0.2) is 0 Å². The van der Waals surface area contributed by atoms with Gasteiger partial charge in [0.1, 0.15) is 0 Å². The molecular weight excluding hydrogens is 188 g/mol. The number of nitrogens with zero attached hydrogens (tertiary/aromatic N) is 1. The second-order valence-corrected chi connectivity index (χ2v) is 6.66. The van der Waals surface area contributed by atoms with Gasteiger partial charge in [0, 0.05) is 18.5 Å². The Morgan fingerprint density at radius 3 is 1.93 bits per heavy atom. The monoisotopic (exact) mass is 212 g/mol. The van der Waals surface area contributed by atoms with Gasteiger partial charge in [-0.3, -0.25) is 10.2 Å². The number of amides is 1. The molecular formula is C12H24N2O. The Hall–Kier alpha value is -0.570. The minimum atomic E-state index is -0.299. The van der Waals surface area contributed by atoms with Crippen LogP contribution < -0.4 is 5.43 Å². The first-order chi connectivity index (χ1) is 6.60. The highest BCUT2D eigenvalue weighted by Gasteiger charge is 2.37. The van der Waals surface area contributed by atoms with Crippen LogP contribution in [0, 0.1) is 16.7 Å². The van der Waals surface area contributed by atoms with Crippen molar-refractivity contribution in [3.05, 3.63) is 0 Å². The van der Waals surface area contributed by atoms with Crippen LogP contribution in [0.5, 0.6) is 0 Å². The summed E-state index contributed by atoms with van der Waals surface area (Å²) < 4.78 is 0. The van der Waals surface area contributed by atoms with Crippen molar-refractivity contribution < 1.29 is 4.79 Å². The Kier molecular flexibility index (Phi) is 3.15. The van der Waals surface area contributed by atoms with E-state index in [0.29, 0.717) is 11.3 Å². The first kappa shape index (κ1) is 12.5. The smallest absolute Gasteiger partial charge is 0.239 e. The Morgan fingerprint density at radius 1 is 1.13 bits per heavy atom. The van der Waals surface area contributed by atoms with E-state index in [2.05, 4.69) is 26.2 Å². The zero-order chi connectivity index (χ0) is 11.9. The molecule has 1 aliphatic rings. The fourth-order valence-electron chi connectivity index (χ4n) is 1.43. The number of carbonyl (C=O) groups is 1. The molecule has 1 aliphatic heterocycles. The van der Waals surface area contributed by atoms with E-state index in [1.54, 1.807) is 0 Å². The second-order valence-electron chi connectivity index (χ2n) is 6.66. The topological polar surface area (TPSA) is 32.3 Å². The Labute approximate surface area is 93.2 Å². The van der Waals surface area contributed by atoms with Crippen molar-refractivity contribution in [1.29, 1.82) is 0 Å². The number of hydrazine groups is 1. The SMILES string of the molecule is CC(C)(C)C(=O)NN1CC(C(C)(C)C)C1. The summed E-state index contributed by atoms with van der Waals surface area (Å²) in [7, 11) is 0. The van der Waals surface area contributed by atoms with Crippen LogP contribution >= 0.6 is 0 Å². The molecule has 3 heteroatoms. The van der Waals surface area contributed by atoms with Gasteiger partial charge in [-0.25, -0.2) is 5.01 Å². The molecule has 0 saturated carbocycles. The second kappa shape index (κ2) is 3.78. The highest BCUT2D eigenvalue weighted by Crippen LogP contribution is 2.32. The number of hydrogen-bond acceptors (Lipinski definition) is 2. The van der Waals surface area contributed by atoms with E-state index in [0.717, 1.165) is 13.1 Å². The zero-order valence-electron chi connectivity index (χ0n) is 10.8. The van der Waals surface area contributed by atoms with Gasteiger partial charge in [-0.05, 0) is 11.3 Å². The maximum Gasteiger partial charge on any atom is 0.239 e. The number of nitrogens with one attached hydrogen (secondary N) is 1. The Morgan fingerprint density at radius 2 is 1.60 bits per heavy atom. The summed E-state index contributed by atoms with van der Waals surface area (Å²) in [6.07, 6.45) is 0. The third-order valence-electron chi connectivity index (χ3n) is 3.05. The molecule has 0 spiro atoms. The van der Waals surface area contributed by atoms with Crippen LogP contribution in [0.15, 0.2) is 0 Å². The van der Waals surface area contributed by atoms with Crippen molar-refractivity contribution in [3.63, 3.8) is 0 Å². The van der Waals surface area contributed by atoms with E-state index >= 15 is 0 Å². The molecule has 0 unspecified atom stereocenters. The highest BCUT2D eigenvalue weighted by atomic mass is 16.2. The van der Waals surface area contributed by atoms with Crippen molar-refractivity contribution >= 4 is 5.91 Å². The van der Waals surface area contributed by atoms with E-state index in [9.17, 15) is 4.79 Å². The summed E-state index contributed by atoms with van der Waals surface area (Å²) >= 11 is 0. The van der Waals surface area contributed by atoms with Crippen LogP contribution in [0.25, 0.3) is 0 Å². The predicted molar refractivity (Wildman–Crippen MR) is 62.1 cm³/mol. The third kappa shape index (κ3) is 3.20. The predicted octanol–water partition coefficient (Wildman–Crippen LogP) is 2.04. The maximum atomic E-state index is 11.7. The minimum absolute atomic E-state index is 0.106. The molecule has 1 N–H and O–H groups in total. The molecule has 1 amide bonds. The van der Waals surface area contributed by atoms with E-state index < -0.39 is 0 Å². The van der Waals surface area contributed by atoms with Gasteiger partial charge in [0.25, 0.3) is 0 Å². The van der Waals surface area contributed by atoms with Crippen molar-refractivity contribution in [1.82, 2.24) is 10.4 Å². The van der Waals surface area contributed by atoms with Crippen molar-refractivity contribution in [2.24, 2.45) is 16.7 Å². The van der Waals surface area contributed by atoms with Gasteiger partial charge in [-0.2, -0.15) is 0 Å². The summed E-state index contributed by atoms with van der Waals surface area (Å²) in [6, 6.07) is 0. The first-order valence-electron chi connectivity index (χ1n) is 5.67. The molecule has 0 bridgehead atoms. The van der Waals surface area contributed by atoms with Crippen LogP contribution in [-0.4, -0.2) is 24.0 Å². The van der Waals surface area contributed by atoms with Gasteiger partial charge in [-0.1, -0.05) is 41.5 Å². The third-order valence-corrected chi connectivity index (χ3v) is 3.05. The lowest BCUT2D eigenvalue weighted by Crippen LogP contribution is -2.60. The molecule has 88 valence electrons. The van der Waals surface area contributed by atoms with Gasteiger partial charge < -0.3 is 0 Å². The minimum Gasteiger partial charge on any atom is -0.288 e. The molecule has 1 saturated heterocycles. The summed E-state index contributed by atoms with van der Waals surface area (Å²) in [6.45, 7) is 14.5. The van der Waals surface area contributed by atoms with E-state index in [1.165, 1.54) is 0 Å². The van der Waals surface area contributed by atoms with E-state index in [-0.39, 0.29) is 11.3 Å². The Balaban J connectivity index is 2.33. The summed E-state index contributed by atoms with van der Waals surface area (Å²) in [5, 5.41) is 2.02. The van der Waals surface area contributed by atoms with Crippen LogP contribution in [0.3, 0.4) is 0 Å². The molecule has 0 aromatic carbocycles. The normalized spacial score (nSPS) is 19.9. The lowest BCUT2D eigenvalue weighted by Gasteiger charge is -2.46. The molecule has 15 heavy (non-hydrogen) atoms. The lowest BCUT2D eigenvalue weighted by molar-refractivity contribution is -0.139. The lowest BCUT2D eigenvalue weighted by atomic mass is 9.77. The number of hydrogen-bond donors (Lipinski definition) is 1. The maximum absolute atomic E-state index is 11.7. The van der Waals surface area contributed by atoms with Gasteiger partial charge in [-0.15, -0.1) is 0 Å². The standard InChI is InChI=1S/C12H24N2O/c1-11(2,3)9-7-14(8-9)13-10(15)12(4,5)6/h9H,7-8H2,1-6H3,(H,13,15). The molecule has 0 aliphatic carbocycles. The largest absolute Gasteiger partial charge is 0.288 e. The summed E-state index contributed by atoms with van der Waals surface area (Å²) in [4.78, 5) is 11.7. The highest BCUT2D eigenvalue weighted by molar-refractivity contribution is 5.80. The quantitative estimate of drug-likeness (QED) is 0.721. The molecule has 3 nitrogen and oxygen atoms in total. The van der Waals surface area contributed by atoms with Crippen LogP contribution in [0.1, 0.15) is 41.5 Å². The molecule has 1 rings (SSSR count). The van der Waals surface area contributed by atoms with Crippen molar-refractivity contribution in [2.45, 2.75) is 41.5 Å². The summed E-state index contributed by atoms with van der Waals surface area (Å²) in [5.41, 5.74) is 3.00. The van der Waals surface area contributed by atoms with E-state index in [4.69, 9.17) is 0 Å².